The van der Waals surface area contributed by atoms with E-state index < -0.39 is 0 Å². The van der Waals surface area contributed by atoms with E-state index in [2.05, 4.69) is 93.6 Å². The molecule has 0 bridgehead atoms. The average Bonchev–Trinajstić information content (AvgIpc) is 3.15. The third-order valence-electron chi connectivity index (χ3n) is 10.4. The van der Waals surface area contributed by atoms with Gasteiger partial charge in [0.2, 0.25) is 0 Å². The fourth-order valence-electron chi connectivity index (χ4n) is 7.08. The Kier molecular flexibility index (Phi) is 23.5. The van der Waals surface area contributed by atoms with E-state index in [0.717, 1.165) is 31.8 Å². The quantitative estimate of drug-likeness (QED) is 0.0629. The second kappa shape index (κ2) is 28.1. The zero-order chi connectivity index (χ0) is 35.3. The highest BCUT2D eigenvalue weighted by Crippen LogP contribution is 2.34. The lowest BCUT2D eigenvalue weighted by molar-refractivity contribution is 0.0627. The molecule has 50 heavy (non-hydrogen) atoms. The summed E-state index contributed by atoms with van der Waals surface area (Å²) in [5.41, 5.74) is 6.23. The first-order valence-electron chi connectivity index (χ1n) is 21.3. The molecule has 0 heterocycles. The number of unbranched alkanes of at least 4 members (excludes halogenated alkanes) is 22. The average molecular weight is 683 g/mol. The monoisotopic (exact) mass is 683 g/mol. The van der Waals surface area contributed by atoms with Gasteiger partial charge in [-0.05, 0) is 59.7 Å². The minimum atomic E-state index is 0.120. The zero-order valence-corrected chi connectivity index (χ0v) is 32.7. The Hall–Kier alpha value is -2.58. The molecule has 0 spiro atoms. The van der Waals surface area contributed by atoms with Crippen molar-refractivity contribution < 1.29 is 9.47 Å². The summed E-state index contributed by atoms with van der Waals surface area (Å²) in [4.78, 5) is 0. The molecule has 0 aromatic heterocycles. The number of benzene rings is 3. The van der Waals surface area contributed by atoms with Gasteiger partial charge in [0.15, 0.2) is 0 Å². The molecular formula is C48H74O2. The summed E-state index contributed by atoms with van der Waals surface area (Å²) in [5, 5.41) is 0. The third-order valence-corrected chi connectivity index (χ3v) is 10.4. The predicted molar refractivity (Wildman–Crippen MR) is 219 cm³/mol. The molecule has 0 aliphatic carbocycles. The standard InChI is InChI=1S/C48H74O2/c1-4-6-8-10-12-14-16-17-19-21-23-25-29-41-50-46-38-36-45(37-39-46)48-31-27-26-30-47(48)44-34-32-43(33-35-44)42(3)49-40-28-24-22-20-18-15-13-11-9-7-5-2/h26-27,30-39,42H,4-25,28-29,40-41H2,1-3H3. The first-order chi connectivity index (χ1) is 24.7. The molecule has 278 valence electrons. The lowest BCUT2D eigenvalue weighted by Gasteiger charge is -2.15. The highest BCUT2D eigenvalue weighted by molar-refractivity contribution is 5.83. The normalized spacial score (nSPS) is 12.0. The number of hydrogen-bond donors (Lipinski definition) is 0. The van der Waals surface area contributed by atoms with Gasteiger partial charge in [0, 0.05) is 6.61 Å². The second-order valence-corrected chi connectivity index (χ2v) is 14.8. The van der Waals surface area contributed by atoms with Crippen molar-refractivity contribution in [3.8, 4) is 28.0 Å². The summed E-state index contributed by atoms with van der Waals surface area (Å²) in [5.74, 6) is 0.969. The highest BCUT2D eigenvalue weighted by atomic mass is 16.5. The smallest absolute Gasteiger partial charge is 0.119 e. The maximum absolute atomic E-state index is 6.23. The Labute approximate surface area is 309 Å². The fraction of sp³-hybridized carbons (Fsp3) is 0.625. The lowest BCUT2D eigenvalue weighted by Crippen LogP contribution is -2.02. The molecule has 3 rings (SSSR count). The van der Waals surface area contributed by atoms with Gasteiger partial charge in [0.05, 0.1) is 12.7 Å². The molecular weight excluding hydrogens is 609 g/mol. The molecule has 0 amide bonds. The van der Waals surface area contributed by atoms with Crippen LogP contribution in [-0.2, 0) is 4.74 Å². The van der Waals surface area contributed by atoms with Crippen LogP contribution >= 0.6 is 0 Å². The van der Waals surface area contributed by atoms with E-state index in [-0.39, 0.29) is 6.10 Å². The molecule has 3 aromatic carbocycles. The van der Waals surface area contributed by atoms with Crippen LogP contribution in [-0.4, -0.2) is 13.2 Å². The molecule has 0 N–H and O–H groups in total. The largest absolute Gasteiger partial charge is 0.494 e. The van der Waals surface area contributed by atoms with Crippen LogP contribution in [0.1, 0.15) is 187 Å². The minimum Gasteiger partial charge on any atom is -0.494 e. The van der Waals surface area contributed by atoms with Crippen LogP contribution in [0.5, 0.6) is 5.75 Å². The first-order valence-corrected chi connectivity index (χ1v) is 21.3. The van der Waals surface area contributed by atoms with E-state index in [1.807, 2.05) is 0 Å². The summed E-state index contributed by atoms with van der Waals surface area (Å²) in [6, 6.07) is 26.4. The van der Waals surface area contributed by atoms with Gasteiger partial charge in [0.1, 0.15) is 5.75 Å². The molecule has 2 heteroatoms. The van der Waals surface area contributed by atoms with Crippen molar-refractivity contribution in [3.05, 3.63) is 78.4 Å². The summed E-state index contributed by atoms with van der Waals surface area (Å²) >= 11 is 0. The van der Waals surface area contributed by atoms with Crippen LogP contribution in [0.3, 0.4) is 0 Å². The molecule has 0 aliphatic rings. The maximum atomic E-state index is 6.23. The van der Waals surface area contributed by atoms with Crippen LogP contribution < -0.4 is 4.74 Å². The van der Waals surface area contributed by atoms with Crippen LogP contribution in [0.4, 0.5) is 0 Å². The summed E-state index contributed by atoms with van der Waals surface area (Å²) in [6.45, 7) is 8.42. The van der Waals surface area contributed by atoms with Gasteiger partial charge in [-0.1, -0.05) is 216 Å². The molecule has 1 atom stereocenters. The van der Waals surface area contributed by atoms with Gasteiger partial charge in [-0.25, -0.2) is 0 Å². The Morgan fingerprint density at radius 1 is 0.400 bits per heavy atom. The van der Waals surface area contributed by atoms with Crippen molar-refractivity contribution in [2.75, 3.05) is 13.2 Å². The molecule has 0 radical (unpaired) electrons. The predicted octanol–water partition coefficient (Wildman–Crippen LogP) is 15.9. The van der Waals surface area contributed by atoms with Crippen LogP contribution in [0.15, 0.2) is 72.8 Å². The van der Waals surface area contributed by atoms with Gasteiger partial charge in [-0.15, -0.1) is 0 Å². The summed E-state index contributed by atoms with van der Waals surface area (Å²) < 4.78 is 12.3. The van der Waals surface area contributed by atoms with E-state index in [1.54, 1.807) is 0 Å². The second-order valence-electron chi connectivity index (χ2n) is 14.8. The molecule has 0 saturated heterocycles. The number of rotatable bonds is 31. The van der Waals surface area contributed by atoms with Crippen LogP contribution in [0.2, 0.25) is 0 Å². The molecule has 1 unspecified atom stereocenters. The third kappa shape index (κ3) is 18.1. The summed E-state index contributed by atoms with van der Waals surface area (Å²) in [7, 11) is 0. The number of ether oxygens (including phenoxy) is 2. The van der Waals surface area contributed by atoms with Crippen LogP contribution in [0, 0.1) is 0 Å². The molecule has 0 saturated carbocycles. The highest BCUT2D eigenvalue weighted by Gasteiger charge is 2.10. The van der Waals surface area contributed by atoms with Crippen molar-refractivity contribution in [1.29, 1.82) is 0 Å². The zero-order valence-electron chi connectivity index (χ0n) is 32.7. The van der Waals surface area contributed by atoms with Crippen molar-refractivity contribution in [1.82, 2.24) is 0 Å². The molecule has 3 aromatic rings. The van der Waals surface area contributed by atoms with Gasteiger partial charge in [-0.3, -0.25) is 0 Å². The van der Waals surface area contributed by atoms with Gasteiger partial charge in [-0.2, -0.15) is 0 Å². The Morgan fingerprint density at radius 3 is 1.18 bits per heavy atom. The van der Waals surface area contributed by atoms with E-state index >= 15 is 0 Å². The number of hydrogen-bond acceptors (Lipinski definition) is 2. The van der Waals surface area contributed by atoms with Gasteiger partial charge >= 0.3 is 0 Å². The Bertz CT molecular complexity index is 1200. The molecule has 2 nitrogen and oxygen atoms in total. The van der Waals surface area contributed by atoms with E-state index in [0.29, 0.717) is 0 Å². The molecule has 0 aliphatic heterocycles. The topological polar surface area (TPSA) is 18.5 Å². The van der Waals surface area contributed by atoms with Crippen molar-refractivity contribution in [2.24, 2.45) is 0 Å². The molecule has 0 fully saturated rings. The van der Waals surface area contributed by atoms with E-state index in [4.69, 9.17) is 9.47 Å². The summed E-state index contributed by atoms with van der Waals surface area (Å²) in [6.07, 6.45) is 33.0. The first kappa shape index (κ1) is 41.8. The Balaban J connectivity index is 1.31. The van der Waals surface area contributed by atoms with Crippen molar-refractivity contribution in [3.63, 3.8) is 0 Å². The van der Waals surface area contributed by atoms with Crippen molar-refractivity contribution >= 4 is 0 Å². The SMILES string of the molecule is CCCCCCCCCCCCCCCOc1ccc(-c2ccccc2-c2ccc(C(C)OCCCCCCCCCCCCC)cc2)cc1. The minimum absolute atomic E-state index is 0.120. The van der Waals surface area contributed by atoms with Gasteiger partial charge in [0.25, 0.3) is 0 Å². The Morgan fingerprint density at radius 2 is 0.760 bits per heavy atom. The van der Waals surface area contributed by atoms with E-state index in [9.17, 15) is 0 Å². The lowest BCUT2D eigenvalue weighted by atomic mass is 9.94. The maximum Gasteiger partial charge on any atom is 0.119 e. The van der Waals surface area contributed by atoms with Gasteiger partial charge < -0.3 is 9.47 Å². The van der Waals surface area contributed by atoms with Crippen molar-refractivity contribution in [2.45, 2.75) is 181 Å². The van der Waals surface area contributed by atoms with E-state index in [1.165, 1.54) is 169 Å². The van der Waals surface area contributed by atoms with Crippen LogP contribution in [0.25, 0.3) is 22.3 Å². The fourth-order valence-corrected chi connectivity index (χ4v) is 7.08.